The molecule has 1 rings (SSSR count). The van der Waals surface area contributed by atoms with Crippen molar-refractivity contribution in [3.8, 4) is 0 Å². The maximum Gasteiger partial charge on any atom is 0.305 e. The minimum atomic E-state index is -1.28. The Kier molecular flexibility index (Phi) is 13.3. The molecule has 0 saturated heterocycles. The van der Waals surface area contributed by atoms with Crippen molar-refractivity contribution in [2.75, 3.05) is 19.7 Å². The largest absolute Gasteiger partial charge is 0.481 e. The molecular formula is C22H30FN7O7. The van der Waals surface area contributed by atoms with Crippen molar-refractivity contribution in [3.05, 3.63) is 35.6 Å². The second-order valence-electron chi connectivity index (χ2n) is 7.67. The molecule has 2 atom stereocenters. The lowest BCUT2D eigenvalue weighted by Crippen LogP contribution is -2.51. The number of rotatable bonds is 16. The molecule has 0 aliphatic rings. The second-order valence-corrected chi connectivity index (χ2v) is 7.67. The Morgan fingerprint density at radius 3 is 2.32 bits per heavy atom. The molecule has 14 nitrogen and oxygen atoms in total. The topological polar surface area (TPSA) is 228 Å². The van der Waals surface area contributed by atoms with Gasteiger partial charge in [-0.25, -0.2) is 4.39 Å². The lowest BCUT2D eigenvalue weighted by molar-refractivity contribution is -0.140. The average Bonchev–Trinajstić information content (AvgIpc) is 2.82. The highest BCUT2D eigenvalue weighted by atomic mass is 19.1. The first kappa shape index (κ1) is 30.5. The van der Waals surface area contributed by atoms with Crippen LogP contribution in [0.25, 0.3) is 0 Å². The van der Waals surface area contributed by atoms with Crippen molar-refractivity contribution in [2.45, 2.75) is 38.3 Å². The molecule has 0 aromatic heterocycles. The molecule has 202 valence electrons. The van der Waals surface area contributed by atoms with E-state index in [2.05, 4.69) is 26.1 Å². The second kappa shape index (κ2) is 16.2. The molecule has 0 aliphatic heterocycles. The van der Waals surface area contributed by atoms with Crippen LogP contribution in [0, 0.1) is 5.82 Å². The Morgan fingerprint density at radius 2 is 1.73 bits per heavy atom. The summed E-state index contributed by atoms with van der Waals surface area (Å²) in [6, 6.07) is 3.02. The van der Waals surface area contributed by atoms with Crippen LogP contribution in [-0.4, -0.2) is 78.5 Å². The molecule has 3 amide bonds. The van der Waals surface area contributed by atoms with Crippen LogP contribution in [0.3, 0.4) is 0 Å². The summed E-state index contributed by atoms with van der Waals surface area (Å²) in [6.45, 7) is 0.198. The van der Waals surface area contributed by atoms with Crippen molar-refractivity contribution >= 4 is 41.6 Å². The van der Waals surface area contributed by atoms with Crippen molar-refractivity contribution < 1.29 is 38.3 Å². The number of amides is 3. The van der Waals surface area contributed by atoms with Crippen LogP contribution in [0.15, 0.2) is 34.4 Å². The number of carbonyl (C=O) groups is 5. The van der Waals surface area contributed by atoms with Gasteiger partial charge in [-0.3, -0.25) is 29.0 Å². The van der Waals surface area contributed by atoms with Gasteiger partial charge in [0.1, 0.15) is 11.9 Å². The van der Waals surface area contributed by atoms with Crippen LogP contribution in [0.5, 0.6) is 0 Å². The van der Waals surface area contributed by atoms with E-state index < -0.39 is 66.9 Å². The fourth-order valence-electron chi connectivity index (χ4n) is 2.76. The molecule has 0 aliphatic carbocycles. The van der Waals surface area contributed by atoms with Crippen LogP contribution in [0.4, 0.5) is 4.39 Å². The Bertz CT molecular complexity index is 1010. The zero-order chi connectivity index (χ0) is 27.8. The maximum absolute atomic E-state index is 12.9. The first-order valence-corrected chi connectivity index (χ1v) is 11.0. The number of aliphatic carboxylic acids is 1. The third kappa shape index (κ3) is 13.8. The SMILES string of the molecule is CC(=O)C(CC(=O)O)NC(=O)CNC(=O)C(CCCN=C(N)N)NC(=O)CO/N=C/c1ccc(F)cc1. The zero-order valence-electron chi connectivity index (χ0n) is 20.1. The smallest absolute Gasteiger partial charge is 0.305 e. The third-order valence-corrected chi connectivity index (χ3v) is 4.57. The van der Waals surface area contributed by atoms with Gasteiger partial charge in [0.25, 0.3) is 5.91 Å². The summed E-state index contributed by atoms with van der Waals surface area (Å²) in [7, 11) is 0. The normalized spacial score (nSPS) is 12.2. The molecule has 0 saturated carbocycles. The Hall–Kier alpha value is -4.56. The Balaban J connectivity index is 2.65. The van der Waals surface area contributed by atoms with Crippen molar-refractivity contribution in [3.63, 3.8) is 0 Å². The van der Waals surface area contributed by atoms with Gasteiger partial charge in [0, 0.05) is 6.54 Å². The van der Waals surface area contributed by atoms with E-state index >= 15 is 0 Å². The minimum Gasteiger partial charge on any atom is -0.481 e. The molecule has 37 heavy (non-hydrogen) atoms. The van der Waals surface area contributed by atoms with Gasteiger partial charge in [0.2, 0.25) is 11.8 Å². The Labute approximate surface area is 211 Å². The van der Waals surface area contributed by atoms with Gasteiger partial charge in [-0.1, -0.05) is 17.3 Å². The maximum atomic E-state index is 12.9. The standard InChI is InChI=1S/C22H30FN7O7/c1-13(31)17(9-20(34)35)30-18(32)11-27-21(36)16(3-2-8-26-22(24)25)29-19(33)12-37-28-10-14-4-6-15(23)7-5-14/h4-7,10,16-17H,2-3,8-9,11-12H2,1H3,(H,27,36)(H,29,33)(H,30,32)(H,34,35)(H4,24,25,26)/b28-10+. The van der Waals surface area contributed by atoms with E-state index in [1.165, 1.54) is 30.5 Å². The van der Waals surface area contributed by atoms with Crippen LogP contribution in [-0.2, 0) is 28.8 Å². The van der Waals surface area contributed by atoms with Gasteiger partial charge in [0.15, 0.2) is 18.3 Å². The number of hydrogen-bond donors (Lipinski definition) is 6. The minimum absolute atomic E-state index is 0.101. The van der Waals surface area contributed by atoms with Crippen molar-refractivity contribution in [1.82, 2.24) is 16.0 Å². The number of benzene rings is 1. The summed E-state index contributed by atoms with van der Waals surface area (Å²) in [5.41, 5.74) is 11.1. The predicted molar refractivity (Wildman–Crippen MR) is 130 cm³/mol. The molecule has 0 fully saturated rings. The number of nitrogens with zero attached hydrogens (tertiary/aromatic N) is 2. The van der Waals surface area contributed by atoms with Crippen LogP contribution < -0.4 is 27.4 Å². The van der Waals surface area contributed by atoms with Gasteiger partial charge in [-0.2, -0.15) is 0 Å². The summed E-state index contributed by atoms with van der Waals surface area (Å²) in [4.78, 5) is 67.9. The number of halogens is 1. The number of guanidine groups is 1. The highest BCUT2D eigenvalue weighted by molar-refractivity contribution is 5.93. The van der Waals surface area contributed by atoms with Crippen LogP contribution in [0.1, 0.15) is 31.7 Å². The molecule has 15 heteroatoms. The van der Waals surface area contributed by atoms with Gasteiger partial charge < -0.3 is 37.4 Å². The van der Waals surface area contributed by atoms with Gasteiger partial charge in [-0.05, 0) is 37.5 Å². The first-order valence-electron chi connectivity index (χ1n) is 11.0. The number of oxime groups is 1. The summed E-state index contributed by atoms with van der Waals surface area (Å²) in [5.74, 6) is -4.61. The van der Waals surface area contributed by atoms with E-state index in [9.17, 15) is 28.4 Å². The van der Waals surface area contributed by atoms with E-state index in [0.717, 1.165) is 6.92 Å². The first-order chi connectivity index (χ1) is 17.5. The van der Waals surface area contributed by atoms with E-state index in [1.807, 2.05) is 0 Å². The molecule has 0 radical (unpaired) electrons. The molecule has 0 bridgehead atoms. The molecule has 1 aromatic rings. The van der Waals surface area contributed by atoms with Crippen molar-refractivity contribution in [2.24, 2.45) is 21.6 Å². The van der Waals surface area contributed by atoms with Gasteiger partial charge >= 0.3 is 5.97 Å². The van der Waals surface area contributed by atoms with Crippen LogP contribution in [0.2, 0.25) is 0 Å². The lowest BCUT2D eigenvalue weighted by Gasteiger charge is -2.19. The third-order valence-electron chi connectivity index (χ3n) is 4.57. The highest BCUT2D eigenvalue weighted by Crippen LogP contribution is 2.01. The zero-order valence-corrected chi connectivity index (χ0v) is 20.1. The molecular weight excluding hydrogens is 493 g/mol. The molecule has 1 aromatic carbocycles. The number of ketones is 1. The van der Waals surface area contributed by atoms with Gasteiger partial charge in [-0.15, -0.1) is 0 Å². The molecule has 2 unspecified atom stereocenters. The Morgan fingerprint density at radius 1 is 1.08 bits per heavy atom. The van der Waals surface area contributed by atoms with E-state index in [-0.39, 0.29) is 18.9 Å². The number of Topliss-reactive ketones (excluding diaryl/α,β-unsaturated/α-hetero) is 1. The number of aliphatic imine (C=N–C) groups is 1. The van der Waals surface area contributed by atoms with Crippen LogP contribution >= 0.6 is 0 Å². The number of nitrogens with two attached hydrogens (primary N) is 2. The van der Waals surface area contributed by atoms with Crippen molar-refractivity contribution in [1.29, 1.82) is 0 Å². The molecule has 0 heterocycles. The quantitative estimate of drug-likeness (QED) is 0.0632. The number of carboxylic acid groups (broad SMARTS) is 1. The predicted octanol–water partition coefficient (Wildman–Crippen LogP) is -1.62. The number of carbonyl (C=O) groups excluding carboxylic acids is 4. The summed E-state index contributed by atoms with van der Waals surface area (Å²) in [5, 5.41) is 19.4. The number of nitrogens with one attached hydrogen (secondary N) is 3. The average molecular weight is 524 g/mol. The van der Waals surface area contributed by atoms with E-state index in [4.69, 9.17) is 21.4 Å². The van der Waals surface area contributed by atoms with E-state index in [1.54, 1.807) is 0 Å². The number of hydrogen-bond acceptors (Lipinski definition) is 8. The van der Waals surface area contributed by atoms with Gasteiger partial charge in [0.05, 0.1) is 25.2 Å². The van der Waals surface area contributed by atoms with E-state index in [0.29, 0.717) is 12.0 Å². The molecule has 0 spiro atoms. The monoisotopic (exact) mass is 523 g/mol. The molecule has 8 N–H and O–H groups in total. The summed E-state index contributed by atoms with van der Waals surface area (Å²) < 4.78 is 12.9. The summed E-state index contributed by atoms with van der Waals surface area (Å²) in [6.07, 6.45) is 1.06. The highest BCUT2D eigenvalue weighted by Gasteiger charge is 2.23. The lowest BCUT2D eigenvalue weighted by atomic mass is 10.1. The fourth-order valence-corrected chi connectivity index (χ4v) is 2.76. The fraction of sp³-hybridized carbons (Fsp3) is 0.409. The number of carboxylic acids is 1. The summed E-state index contributed by atoms with van der Waals surface area (Å²) >= 11 is 0.